The third-order valence-electron chi connectivity index (χ3n) is 4.30. The zero-order valence-electron chi connectivity index (χ0n) is 14.0. The van der Waals surface area contributed by atoms with Crippen LogP contribution in [0, 0.1) is 0 Å². The largest absolute Gasteiger partial charge is 0.369 e. The van der Waals surface area contributed by atoms with Crippen molar-refractivity contribution in [2.24, 2.45) is 12.0 Å². The number of nitrogens with zero attached hydrogens (tertiary/aromatic N) is 4. The average Bonchev–Trinajstić information content (AvgIpc) is 3.21. The normalized spacial score (nSPS) is 18.0. The lowest BCUT2D eigenvalue weighted by Gasteiger charge is -2.20. The van der Waals surface area contributed by atoms with E-state index in [2.05, 4.69) is 65.8 Å². The van der Waals surface area contributed by atoms with Gasteiger partial charge in [-0.05, 0) is 36.8 Å². The number of hydrogen-bond donors (Lipinski definition) is 2. The van der Waals surface area contributed by atoms with Gasteiger partial charge < -0.3 is 15.5 Å². The van der Waals surface area contributed by atoms with Gasteiger partial charge in [0.25, 0.3) is 0 Å². The van der Waals surface area contributed by atoms with E-state index in [1.165, 1.54) is 5.69 Å². The van der Waals surface area contributed by atoms with Gasteiger partial charge in [-0.2, -0.15) is 5.10 Å². The monoisotopic (exact) mass is 390 g/mol. The third-order valence-corrected chi connectivity index (χ3v) is 4.83. The molecule has 3 rings (SSSR count). The number of anilines is 1. The van der Waals surface area contributed by atoms with E-state index >= 15 is 0 Å². The Labute approximate surface area is 151 Å². The molecule has 0 spiro atoms. The predicted octanol–water partition coefficient (Wildman–Crippen LogP) is 2.13. The molecule has 2 aromatic rings. The van der Waals surface area contributed by atoms with Gasteiger partial charge in [-0.15, -0.1) is 0 Å². The van der Waals surface area contributed by atoms with Gasteiger partial charge in [0.15, 0.2) is 5.96 Å². The summed E-state index contributed by atoms with van der Waals surface area (Å²) in [5.74, 6) is 0.832. The minimum Gasteiger partial charge on any atom is -0.369 e. The van der Waals surface area contributed by atoms with Crippen LogP contribution in [-0.4, -0.2) is 41.9 Å². The van der Waals surface area contributed by atoms with Crippen LogP contribution in [0.1, 0.15) is 12.1 Å². The second-order valence-corrected chi connectivity index (χ2v) is 6.84. The van der Waals surface area contributed by atoms with Crippen molar-refractivity contribution in [2.45, 2.75) is 19.0 Å². The first-order valence-electron chi connectivity index (χ1n) is 8.10. The molecule has 1 fully saturated rings. The van der Waals surface area contributed by atoms with E-state index in [0.29, 0.717) is 12.6 Å². The molecular formula is C17H23BrN6. The van der Waals surface area contributed by atoms with Crippen LogP contribution in [0.5, 0.6) is 0 Å². The van der Waals surface area contributed by atoms with Crippen LogP contribution in [0.2, 0.25) is 0 Å². The molecule has 6 nitrogen and oxygen atoms in total. The van der Waals surface area contributed by atoms with Gasteiger partial charge in [-0.25, -0.2) is 0 Å². The summed E-state index contributed by atoms with van der Waals surface area (Å²) in [4.78, 5) is 6.73. The van der Waals surface area contributed by atoms with Crippen molar-refractivity contribution < 1.29 is 0 Å². The fraction of sp³-hybridized carbons (Fsp3) is 0.412. The van der Waals surface area contributed by atoms with Crippen molar-refractivity contribution in [3.05, 3.63) is 46.7 Å². The quantitative estimate of drug-likeness (QED) is 0.620. The topological polar surface area (TPSA) is 57.5 Å². The van der Waals surface area contributed by atoms with Crippen LogP contribution >= 0.6 is 15.9 Å². The second-order valence-electron chi connectivity index (χ2n) is 5.92. The number of halogens is 1. The van der Waals surface area contributed by atoms with Gasteiger partial charge in [0.2, 0.25) is 0 Å². The molecule has 1 unspecified atom stereocenters. The van der Waals surface area contributed by atoms with Gasteiger partial charge in [0, 0.05) is 49.6 Å². The molecule has 1 aromatic heterocycles. The summed E-state index contributed by atoms with van der Waals surface area (Å²) in [6.07, 6.45) is 2.91. The van der Waals surface area contributed by atoms with E-state index in [4.69, 9.17) is 0 Å². The van der Waals surface area contributed by atoms with Gasteiger partial charge in [0.1, 0.15) is 0 Å². The third kappa shape index (κ3) is 4.08. The Balaban J connectivity index is 1.52. The molecule has 1 atom stereocenters. The lowest BCUT2D eigenvalue weighted by atomic mass is 10.2. The second kappa shape index (κ2) is 7.70. The Morgan fingerprint density at radius 3 is 2.79 bits per heavy atom. The molecule has 128 valence electrons. The molecule has 0 radical (unpaired) electrons. The van der Waals surface area contributed by atoms with Crippen LogP contribution in [0.4, 0.5) is 5.69 Å². The highest BCUT2D eigenvalue weighted by Crippen LogP contribution is 2.22. The van der Waals surface area contributed by atoms with Crippen molar-refractivity contribution in [1.29, 1.82) is 0 Å². The Hall–Kier alpha value is -2.02. The van der Waals surface area contributed by atoms with E-state index in [1.807, 2.05) is 17.8 Å². The smallest absolute Gasteiger partial charge is 0.191 e. The summed E-state index contributed by atoms with van der Waals surface area (Å²) in [5, 5.41) is 11.1. The fourth-order valence-corrected chi connectivity index (χ4v) is 3.17. The maximum absolute atomic E-state index is 4.33. The number of hydrogen-bond acceptors (Lipinski definition) is 3. The Bertz CT molecular complexity index is 693. The lowest BCUT2D eigenvalue weighted by Crippen LogP contribution is -2.44. The zero-order chi connectivity index (χ0) is 16.9. The predicted molar refractivity (Wildman–Crippen MR) is 101 cm³/mol. The SMILES string of the molecule is CN=C(NCc1ccnn1C)NC1CCN(c2ccc(Br)cc2)C1. The molecule has 0 amide bonds. The zero-order valence-corrected chi connectivity index (χ0v) is 15.6. The number of aromatic nitrogens is 2. The Morgan fingerprint density at radius 1 is 1.33 bits per heavy atom. The van der Waals surface area contributed by atoms with E-state index in [-0.39, 0.29) is 0 Å². The van der Waals surface area contributed by atoms with Crippen LogP contribution in [-0.2, 0) is 13.6 Å². The number of rotatable bonds is 4. The molecule has 2 heterocycles. The molecule has 1 saturated heterocycles. The number of guanidine groups is 1. The molecule has 2 N–H and O–H groups in total. The van der Waals surface area contributed by atoms with Crippen molar-refractivity contribution >= 4 is 27.6 Å². The van der Waals surface area contributed by atoms with Crippen molar-refractivity contribution in [1.82, 2.24) is 20.4 Å². The van der Waals surface area contributed by atoms with Crippen molar-refractivity contribution in [2.75, 3.05) is 25.0 Å². The number of benzene rings is 1. The average molecular weight is 391 g/mol. The van der Waals surface area contributed by atoms with E-state index < -0.39 is 0 Å². The standard InChI is InChI=1S/C17H23BrN6/c1-19-17(20-11-16-7-9-21-23(16)2)22-14-8-10-24(12-14)15-5-3-13(18)4-6-15/h3-7,9,14H,8,10-12H2,1-2H3,(H2,19,20,22). The van der Waals surface area contributed by atoms with E-state index in [9.17, 15) is 0 Å². The van der Waals surface area contributed by atoms with Crippen molar-refractivity contribution in [3.63, 3.8) is 0 Å². The summed E-state index contributed by atoms with van der Waals surface area (Å²) >= 11 is 3.49. The van der Waals surface area contributed by atoms with Gasteiger partial charge in [-0.1, -0.05) is 15.9 Å². The Kier molecular flexibility index (Phi) is 5.40. The molecule has 1 aliphatic heterocycles. The molecule has 24 heavy (non-hydrogen) atoms. The van der Waals surface area contributed by atoms with Gasteiger partial charge in [-0.3, -0.25) is 9.67 Å². The Morgan fingerprint density at radius 2 is 2.12 bits per heavy atom. The molecule has 0 saturated carbocycles. The first-order valence-corrected chi connectivity index (χ1v) is 8.89. The molecule has 7 heteroatoms. The minimum absolute atomic E-state index is 0.395. The molecule has 1 aromatic carbocycles. The van der Waals surface area contributed by atoms with Gasteiger partial charge in [0.05, 0.1) is 12.2 Å². The maximum Gasteiger partial charge on any atom is 0.191 e. The maximum atomic E-state index is 4.33. The highest BCUT2D eigenvalue weighted by Gasteiger charge is 2.23. The number of nitrogens with one attached hydrogen (secondary N) is 2. The summed E-state index contributed by atoms with van der Waals surface area (Å²) in [6, 6.07) is 10.9. The molecule has 1 aliphatic rings. The summed E-state index contributed by atoms with van der Waals surface area (Å²) in [6.45, 7) is 2.74. The van der Waals surface area contributed by atoms with Crippen LogP contribution in [0.25, 0.3) is 0 Å². The number of aliphatic imine (C=N–C) groups is 1. The summed E-state index contributed by atoms with van der Waals surface area (Å²) in [5.41, 5.74) is 2.39. The van der Waals surface area contributed by atoms with Crippen LogP contribution in [0.15, 0.2) is 46.0 Å². The first-order chi connectivity index (χ1) is 11.7. The highest BCUT2D eigenvalue weighted by atomic mass is 79.9. The van der Waals surface area contributed by atoms with E-state index in [1.54, 1.807) is 13.2 Å². The van der Waals surface area contributed by atoms with Crippen molar-refractivity contribution in [3.8, 4) is 0 Å². The lowest BCUT2D eigenvalue weighted by molar-refractivity contribution is 0.637. The minimum atomic E-state index is 0.395. The number of aryl methyl sites for hydroxylation is 1. The van der Waals surface area contributed by atoms with Crippen LogP contribution < -0.4 is 15.5 Å². The molecular weight excluding hydrogens is 368 g/mol. The summed E-state index contributed by atoms with van der Waals surface area (Å²) < 4.78 is 2.98. The first kappa shape index (κ1) is 16.8. The van der Waals surface area contributed by atoms with Crippen LogP contribution in [0.3, 0.4) is 0 Å². The highest BCUT2D eigenvalue weighted by molar-refractivity contribution is 9.10. The van der Waals surface area contributed by atoms with Gasteiger partial charge >= 0.3 is 0 Å². The van der Waals surface area contributed by atoms with E-state index in [0.717, 1.165) is 35.6 Å². The molecule has 0 bridgehead atoms. The fourth-order valence-electron chi connectivity index (χ4n) is 2.90. The summed E-state index contributed by atoms with van der Waals surface area (Å²) in [7, 11) is 3.75. The molecule has 0 aliphatic carbocycles.